The second-order valence-corrected chi connectivity index (χ2v) is 5.93. The highest BCUT2D eigenvalue weighted by Crippen LogP contribution is 2.14. The first-order valence-electron chi connectivity index (χ1n) is 5.96. The van der Waals surface area contributed by atoms with Crippen LogP contribution in [-0.2, 0) is 5.75 Å². The van der Waals surface area contributed by atoms with Crippen molar-refractivity contribution in [2.45, 2.75) is 12.7 Å². The quantitative estimate of drug-likeness (QED) is 0.919. The maximum atomic E-state index is 11.9. The highest BCUT2D eigenvalue weighted by molar-refractivity contribution is 7.98. The number of hydrogen-bond acceptors (Lipinski definition) is 4. The van der Waals surface area contributed by atoms with E-state index < -0.39 is 0 Å². The van der Waals surface area contributed by atoms with E-state index in [-0.39, 0.29) is 18.1 Å². The highest BCUT2D eigenvalue weighted by Gasteiger charge is 2.05. The van der Waals surface area contributed by atoms with Crippen molar-refractivity contribution < 1.29 is 5.11 Å². The van der Waals surface area contributed by atoms with E-state index in [1.807, 2.05) is 6.92 Å². The largest absolute Gasteiger partial charge is 0.396 e. The zero-order valence-electron chi connectivity index (χ0n) is 10.5. The van der Waals surface area contributed by atoms with Gasteiger partial charge in [-0.2, -0.15) is 11.8 Å². The van der Waals surface area contributed by atoms with Crippen LogP contribution in [0.4, 0.5) is 0 Å². The van der Waals surface area contributed by atoms with Gasteiger partial charge in [0, 0.05) is 24.6 Å². The van der Waals surface area contributed by atoms with Crippen LogP contribution in [0.25, 0.3) is 5.65 Å². The lowest BCUT2D eigenvalue weighted by atomic mass is 10.2. The molecule has 0 saturated carbocycles. The van der Waals surface area contributed by atoms with E-state index in [4.69, 9.17) is 16.7 Å². The van der Waals surface area contributed by atoms with Gasteiger partial charge in [0.15, 0.2) is 0 Å². The van der Waals surface area contributed by atoms with Crippen molar-refractivity contribution in [3.05, 3.63) is 45.5 Å². The zero-order chi connectivity index (χ0) is 13.8. The first-order chi connectivity index (χ1) is 9.10. The molecule has 6 heteroatoms. The molecule has 0 aliphatic rings. The number of rotatable bonds is 5. The summed E-state index contributed by atoms with van der Waals surface area (Å²) in [6.45, 7) is 2.16. The summed E-state index contributed by atoms with van der Waals surface area (Å²) in [7, 11) is 0. The molecular weight excluding hydrogens is 284 g/mol. The lowest BCUT2D eigenvalue weighted by Gasteiger charge is -2.07. The van der Waals surface area contributed by atoms with Crippen LogP contribution in [0.3, 0.4) is 0 Å². The zero-order valence-corrected chi connectivity index (χ0v) is 12.1. The van der Waals surface area contributed by atoms with Crippen LogP contribution in [-0.4, -0.2) is 26.9 Å². The van der Waals surface area contributed by atoms with Crippen LogP contribution in [0.1, 0.15) is 12.6 Å². The van der Waals surface area contributed by atoms with E-state index in [0.717, 1.165) is 11.4 Å². The van der Waals surface area contributed by atoms with Crippen LogP contribution in [0.15, 0.2) is 29.2 Å². The molecule has 0 aliphatic heterocycles. The Balaban J connectivity index is 2.17. The summed E-state index contributed by atoms with van der Waals surface area (Å²) in [6.07, 6.45) is 1.57. The van der Waals surface area contributed by atoms with Crippen LogP contribution in [0.5, 0.6) is 0 Å². The minimum atomic E-state index is -0.127. The van der Waals surface area contributed by atoms with Crippen LogP contribution >= 0.6 is 23.4 Å². The van der Waals surface area contributed by atoms with Gasteiger partial charge in [0.2, 0.25) is 0 Å². The number of pyridine rings is 1. The summed E-state index contributed by atoms with van der Waals surface area (Å²) >= 11 is 7.51. The SMILES string of the molecule is CC(CO)CSCc1cc(=O)n2cc(Cl)ccc2n1. The molecule has 4 nitrogen and oxygen atoms in total. The predicted molar refractivity (Wildman–Crippen MR) is 78.9 cm³/mol. The Morgan fingerprint density at radius 3 is 3.05 bits per heavy atom. The van der Waals surface area contributed by atoms with Gasteiger partial charge in [-0.15, -0.1) is 0 Å². The monoisotopic (exact) mass is 298 g/mol. The second kappa shape index (κ2) is 6.41. The minimum absolute atomic E-state index is 0.127. The number of thioether (sulfide) groups is 1. The molecule has 2 aromatic heterocycles. The summed E-state index contributed by atoms with van der Waals surface area (Å²) in [6, 6.07) is 4.97. The number of nitrogens with zero attached hydrogens (tertiary/aromatic N) is 2. The molecule has 0 aliphatic carbocycles. The summed E-state index contributed by atoms with van der Waals surface area (Å²) in [4.78, 5) is 16.3. The predicted octanol–water partition coefficient (Wildman–Crippen LogP) is 2.21. The Bertz CT molecular complexity index is 630. The smallest absolute Gasteiger partial charge is 0.258 e. The van der Waals surface area contributed by atoms with Crippen molar-refractivity contribution in [1.29, 1.82) is 0 Å². The Kier molecular flexibility index (Phi) is 4.85. The van der Waals surface area contributed by atoms with Crippen LogP contribution < -0.4 is 5.56 Å². The molecule has 0 aromatic carbocycles. The molecule has 0 saturated heterocycles. The normalized spacial score (nSPS) is 12.8. The molecule has 102 valence electrons. The fraction of sp³-hybridized carbons (Fsp3) is 0.385. The summed E-state index contributed by atoms with van der Waals surface area (Å²) in [5.41, 5.74) is 1.23. The average Bonchev–Trinajstić information content (AvgIpc) is 2.39. The third kappa shape index (κ3) is 3.72. The van der Waals surface area contributed by atoms with E-state index in [2.05, 4.69) is 4.98 Å². The van der Waals surface area contributed by atoms with Crippen molar-refractivity contribution in [1.82, 2.24) is 9.38 Å². The lowest BCUT2D eigenvalue weighted by molar-refractivity contribution is 0.250. The molecule has 1 N–H and O–H groups in total. The fourth-order valence-electron chi connectivity index (χ4n) is 1.62. The maximum Gasteiger partial charge on any atom is 0.258 e. The Labute approximate surface area is 120 Å². The molecule has 0 bridgehead atoms. The van der Waals surface area contributed by atoms with Gasteiger partial charge in [0.05, 0.1) is 10.7 Å². The van der Waals surface area contributed by atoms with Crippen molar-refractivity contribution in [2.24, 2.45) is 5.92 Å². The van der Waals surface area contributed by atoms with Crippen LogP contribution in [0, 0.1) is 5.92 Å². The number of hydrogen-bond donors (Lipinski definition) is 1. The average molecular weight is 299 g/mol. The van der Waals surface area contributed by atoms with Gasteiger partial charge in [-0.1, -0.05) is 18.5 Å². The van der Waals surface area contributed by atoms with Gasteiger partial charge in [-0.3, -0.25) is 9.20 Å². The maximum absolute atomic E-state index is 11.9. The summed E-state index contributed by atoms with van der Waals surface area (Å²) < 4.78 is 1.44. The fourth-order valence-corrected chi connectivity index (χ4v) is 2.76. The Morgan fingerprint density at radius 1 is 1.53 bits per heavy atom. The molecule has 1 atom stereocenters. The van der Waals surface area contributed by atoms with Gasteiger partial charge in [0.1, 0.15) is 5.65 Å². The van der Waals surface area contributed by atoms with E-state index >= 15 is 0 Å². The molecule has 2 heterocycles. The van der Waals surface area contributed by atoms with Gasteiger partial charge in [0.25, 0.3) is 5.56 Å². The van der Waals surface area contributed by atoms with E-state index in [1.165, 1.54) is 10.5 Å². The standard InChI is InChI=1S/C13H15ClN2O2S/c1-9(6-17)7-19-8-11-4-13(18)16-5-10(14)2-3-12(16)15-11/h2-5,9,17H,6-8H2,1H3. The number of aliphatic hydroxyl groups excluding tert-OH is 1. The molecule has 1 unspecified atom stereocenters. The summed E-state index contributed by atoms with van der Waals surface area (Å²) in [5.74, 6) is 1.77. The summed E-state index contributed by atoms with van der Waals surface area (Å²) in [5, 5.41) is 9.46. The van der Waals surface area contributed by atoms with Gasteiger partial charge >= 0.3 is 0 Å². The first-order valence-corrected chi connectivity index (χ1v) is 7.50. The van der Waals surface area contributed by atoms with E-state index in [1.54, 1.807) is 30.1 Å². The third-order valence-electron chi connectivity index (χ3n) is 2.64. The molecule has 0 spiro atoms. The molecule has 2 aromatic rings. The molecule has 0 amide bonds. The van der Waals surface area contributed by atoms with Gasteiger partial charge < -0.3 is 5.11 Å². The number of fused-ring (bicyclic) bond motifs is 1. The first kappa shape index (κ1) is 14.4. The van der Waals surface area contributed by atoms with Crippen LogP contribution in [0.2, 0.25) is 5.02 Å². The van der Waals surface area contributed by atoms with Crippen molar-refractivity contribution >= 4 is 29.0 Å². The molecule has 19 heavy (non-hydrogen) atoms. The minimum Gasteiger partial charge on any atom is -0.396 e. The second-order valence-electron chi connectivity index (χ2n) is 4.46. The van der Waals surface area contributed by atoms with E-state index in [0.29, 0.717) is 16.4 Å². The van der Waals surface area contributed by atoms with Gasteiger partial charge in [-0.25, -0.2) is 4.98 Å². The van der Waals surface area contributed by atoms with Gasteiger partial charge in [-0.05, 0) is 23.8 Å². The van der Waals surface area contributed by atoms with Crippen molar-refractivity contribution in [3.8, 4) is 0 Å². The number of aromatic nitrogens is 2. The highest BCUT2D eigenvalue weighted by atomic mass is 35.5. The molecular formula is C13H15ClN2O2S. The van der Waals surface area contributed by atoms with E-state index in [9.17, 15) is 4.79 Å². The number of aliphatic hydroxyl groups is 1. The topological polar surface area (TPSA) is 54.6 Å². The van der Waals surface area contributed by atoms with Crippen molar-refractivity contribution in [3.63, 3.8) is 0 Å². The Morgan fingerprint density at radius 2 is 2.32 bits per heavy atom. The lowest BCUT2D eigenvalue weighted by Crippen LogP contribution is -2.15. The van der Waals surface area contributed by atoms with Crippen molar-refractivity contribution in [2.75, 3.05) is 12.4 Å². The molecule has 0 fully saturated rings. The number of halogens is 1. The molecule has 0 radical (unpaired) electrons. The Hall–Kier alpha value is -1.04. The molecule has 2 rings (SSSR count). The third-order valence-corrected chi connectivity index (χ3v) is 4.17.